The van der Waals surface area contributed by atoms with Crippen LogP contribution in [0.3, 0.4) is 0 Å². The Morgan fingerprint density at radius 1 is 1.09 bits per heavy atom. The van der Waals surface area contributed by atoms with Crippen LogP contribution >= 0.6 is 23.2 Å². The first-order valence-corrected chi connectivity index (χ1v) is 12.4. The second-order valence-electron chi connectivity index (χ2n) is 8.59. The highest BCUT2D eigenvalue weighted by atomic mass is 35.5. The lowest BCUT2D eigenvalue weighted by molar-refractivity contribution is -0.143. The summed E-state index contributed by atoms with van der Waals surface area (Å²) >= 11 is 12.3. The number of carbonyl (C=O) groups is 2. The average molecular weight is 491 g/mol. The first-order chi connectivity index (χ1) is 15.9. The Hall–Kier alpha value is -2.24. The van der Waals surface area contributed by atoms with Gasteiger partial charge in [0.2, 0.25) is 5.91 Å². The molecule has 0 saturated heterocycles. The van der Waals surface area contributed by atoms with Crippen LogP contribution in [0.4, 0.5) is 0 Å². The minimum atomic E-state index is -0.602. The lowest BCUT2D eigenvalue weighted by Crippen LogP contribution is -2.52. The van der Waals surface area contributed by atoms with E-state index in [0.717, 1.165) is 36.8 Å². The van der Waals surface area contributed by atoms with E-state index in [1.165, 1.54) is 6.42 Å². The van der Waals surface area contributed by atoms with Crippen LogP contribution in [0.2, 0.25) is 10.0 Å². The van der Waals surface area contributed by atoms with E-state index in [1.807, 2.05) is 44.2 Å². The molecule has 2 amide bonds. The summed E-state index contributed by atoms with van der Waals surface area (Å²) in [5.74, 6) is 0.281. The van der Waals surface area contributed by atoms with Gasteiger partial charge in [-0.15, -0.1) is 0 Å². The van der Waals surface area contributed by atoms with Crippen molar-refractivity contribution in [3.63, 3.8) is 0 Å². The molecule has 0 heterocycles. The first kappa shape index (κ1) is 25.4. The largest absolute Gasteiger partial charge is 0.484 e. The summed E-state index contributed by atoms with van der Waals surface area (Å²) in [6, 6.07) is 12.4. The predicted octanol–water partition coefficient (Wildman–Crippen LogP) is 5.94. The zero-order chi connectivity index (χ0) is 23.8. The number of halogens is 2. The molecule has 0 spiro atoms. The van der Waals surface area contributed by atoms with E-state index in [1.54, 1.807) is 17.0 Å². The molecule has 0 aliphatic heterocycles. The highest BCUT2D eigenvalue weighted by Crippen LogP contribution is 2.25. The highest BCUT2D eigenvalue weighted by molar-refractivity contribution is 6.42. The van der Waals surface area contributed by atoms with Gasteiger partial charge >= 0.3 is 0 Å². The lowest BCUT2D eigenvalue weighted by Gasteiger charge is -2.32. The molecule has 5 nitrogen and oxygen atoms in total. The Kier molecular flexibility index (Phi) is 9.45. The summed E-state index contributed by atoms with van der Waals surface area (Å²) in [7, 11) is 0. The van der Waals surface area contributed by atoms with Crippen molar-refractivity contribution in [1.82, 2.24) is 10.2 Å². The summed E-state index contributed by atoms with van der Waals surface area (Å²) in [6.07, 6.45) is 5.92. The molecule has 7 heteroatoms. The van der Waals surface area contributed by atoms with Crippen LogP contribution in [-0.4, -0.2) is 35.4 Å². The highest BCUT2D eigenvalue weighted by Gasteiger charge is 2.30. The molecule has 1 N–H and O–H groups in total. The summed E-state index contributed by atoms with van der Waals surface area (Å²) in [5.41, 5.74) is 1.75. The number of para-hydroxylation sites is 1. The Bertz CT molecular complexity index is 960. The van der Waals surface area contributed by atoms with Crippen LogP contribution in [-0.2, 0) is 16.1 Å². The van der Waals surface area contributed by atoms with E-state index >= 15 is 0 Å². The van der Waals surface area contributed by atoms with Gasteiger partial charge in [0.25, 0.3) is 5.91 Å². The fourth-order valence-electron chi connectivity index (χ4n) is 4.24. The minimum absolute atomic E-state index is 0.117. The monoisotopic (exact) mass is 490 g/mol. The number of hydrogen-bond acceptors (Lipinski definition) is 3. The molecule has 1 saturated carbocycles. The van der Waals surface area contributed by atoms with Gasteiger partial charge in [-0.05, 0) is 55.5 Å². The van der Waals surface area contributed by atoms with Crippen molar-refractivity contribution in [3.05, 3.63) is 63.6 Å². The van der Waals surface area contributed by atoms with Crippen molar-refractivity contribution < 1.29 is 14.3 Å². The summed E-state index contributed by atoms with van der Waals surface area (Å²) in [5, 5.41) is 4.04. The van der Waals surface area contributed by atoms with Gasteiger partial charge in [-0.2, -0.15) is 0 Å². The van der Waals surface area contributed by atoms with Crippen molar-refractivity contribution in [2.24, 2.45) is 0 Å². The number of carbonyl (C=O) groups excluding carboxylic acids is 2. The van der Waals surface area contributed by atoms with Gasteiger partial charge in [0.1, 0.15) is 11.8 Å². The predicted molar refractivity (Wildman–Crippen MR) is 133 cm³/mol. The smallest absolute Gasteiger partial charge is 0.261 e. The van der Waals surface area contributed by atoms with Gasteiger partial charge in [-0.3, -0.25) is 9.59 Å². The molecule has 1 aliphatic rings. The number of amides is 2. The molecule has 33 heavy (non-hydrogen) atoms. The van der Waals surface area contributed by atoms with Gasteiger partial charge in [-0.25, -0.2) is 0 Å². The van der Waals surface area contributed by atoms with E-state index in [4.69, 9.17) is 27.9 Å². The van der Waals surface area contributed by atoms with Crippen molar-refractivity contribution in [2.45, 2.75) is 71.0 Å². The normalized spacial score (nSPS) is 15.0. The third-order valence-corrected chi connectivity index (χ3v) is 6.86. The average Bonchev–Trinajstić information content (AvgIpc) is 2.81. The summed E-state index contributed by atoms with van der Waals surface area (Å²) < 4.78 is 5.81. The Morgan fingerprint density at radius 2 is 1.82 bits per heavy atom. The van der Waals surface area contributed by atoms with Crippen LogP contribution in [0.15, 0.2) is 42.5 Å². The van der Waals surface area contributed by atoms with Crippen LogP contribution in [0.1, 0.15) is 56.6 Å². The molecular formula is C26H32Cl2N2O3. The maximum atomic E-state index is 13.3. The van der Waals surface area contributed by atoms with E-state index in [9.17, 15) is 9.59 Å². The number of ether oxygens (including phenoxy) is 1. The minimum Gasteiger partial charge on any atom is -0.484 e. The Labute approximate surface area is 206 Å². The zero-order valence-corrected chi connectivity index (χ0v) is 20.8. The molecule has 1 fully saturated rings. The molecule has 0 bridgehead atoms. The SMILES string of the molecule is CC[C@H](C(=O)NC1CCCCC1)N(Cc1ccc(Cl)c(Cl)c1)C(=O)COc1ccccc1C. The van der Waals surface area contributed by atoms with Crippen LogP contribution in [0, 0.1) is 6.92 Å². The van der Waals surface area contributed by atoms with Crippen LogP contribution < -0.4 is 10.1 Å². The topological polar surface area (TPSA) is 58.6 Å². The van der Waals surface area contributed by atoms with Crippen molar-refractivity contribution >= 4 is 35.0 Å². The molecule has 1 atom stereocenters. The molecule has 1 aliphatic carbocycles. The zero-order valence-electron chi connectivity index (χ0n) is 19.3. The maximum Gasteiger partial charge on any atom is 0.261 e. The number of nitrogens with one attached hydrogen (secondary N) is 1. The molecule has 0 unspecified atom stereocenters. The Balaban J connectivity index is 1.78. The van der Waals surface area contributed by atoms with E-state index < -0.39 is 6.04 Å². The van der Waals surface area contributed by atoms with Crippen LogP contribution in [0.5, 0.6) is 5.75 Å². The number of rotatable bonds is 9. The van der Waals surface area contributed by atoms with E-state index in [-0.39, 0.29) is 31.0 Å². The van der Waals surface area contributed by atoms with Crippen molar-refractivity contribution in [2.75, 3.05) is 6.61 Å². The number of hydrogen-bond donors (Lipinski definition) is 1. The molecular weight excluding hydrogens is 459 g/mol. The maximum absolute atomic E-state index is 13.3. The number of nitrogens with zero attached hydrogens (tertiary/aromatic N) is 1. The number of aryl methyl sites for hydroxylation is 1. The van der Waals surface area contributed by atoms with Gasteiger partial charge in [-0.1, -0.05) is 73.7 Å². The molecule has 2 aromatic carbocycles. The molecule has 2 aromatic rings. The fraction of sp³-hybridized carbons (Fsp3) is 0.462. The third-order valence-electron chi connectivity index (χ3n) is 6.12. The third kappa shape index (κ3) is 7.12. The number of benzene rings is 2. The quantitative estimate of drug-likeness (QED) is 0.473. The summed E-state index contributed by atoms with van der Waals surface area (Å²) in [4.78, 5) is 28.2. The Morgan fingerprint density at radius 3 is 2.48 bits per heavy atom. The second-order valence-corrected chi connectivity index (χ2v) is 9.41. The lowest BCUT2D eigenvalue weighted by atomic mass is 9.95. The van der Waals surface area contributed by atoms with Gasteiger partial charge < -0.3 is 15.0 Å². The van der Waals surface area contributed by atoms with Gasteiger partial charge in [0, 0.05) is 12.6 Å². The molecule has 0 aromatic heterocycles. The molecule has 178 valence electrons. The van der Waals surface area contributed by atoms with Gasteiger partial charge in [0.15, 0.2) is 6.61 Å². The first-order valence-electron chi connectivity index (χ1n) is 11.6. The van der Waals surface area contributed by atoms with Crippen LogP contribution in [0.25, 0.3) is 0 Å². The summed E-state index contributed by atoms with van der Waals surface area (Å²) in [6.45, 7) is 3.94. The fourth-order valence-corrected chi connectivity index (χ4v) is 4.56. The van der Waals surface area contributed by atoms with Gasteiger partial charge in [0.05, 0.1) is 10.0 Å². The van der Waals surface area contributed by atoms with Crippen molar-refractivity contribution in [1.29, 1.82) is 0 Å². The molecule has 0 radical (unpaired) electrons. The standard InChI is InChI=1S/C26H32Cl2N2O3/c1-3-23(26(32)29-20-10-5-4-6-11-20)30(16-19-13-14-21(27)22(28)15-19)25(31)17-33-24-12-8-7-9-18(24)2/h7-9,12-15,20,23H,3-6,10-11,16-17H2,1-2H3,(H,29,32)/t23-/m1/s1. The van der Waals surface area contributed by atoms with Crippen molar-refractivity contribution in [3.8, 4) is 5.75 Å². The van der Waals surface area contributed by atoms with E-state index in [0.29, 0.717) is 22.2 Å². The second kappa shape index (κ2) is 12.3. The van der Waals surface area contributed by atoms with E-state index in [2.05, 4.69) is 5.32 Å². The molecule has 3 rings (SSSR count).